The predicted octanol–water partition coefficient (Wildman–Crippen LogP) is -11.6. The van der Waals surface area contributed by atoms with E-state index in [1.54, 1.807) is 6.92 Å². The van der Waals surface area contributed by atoms with Gasteiger partial charge in [0.1, 0.15) is 165 Å². The van der Waals surface area contributed by atoms with E-state index in [0.29, 0.717) is 44.1 Å². The molecule has 7 aliphatic heterocycles. The van der Waals surface area contributed by atoms with E-state index in [4.69, 9.17) is 66.3 Å². The number of carbonyl (C=O) groups excluding carboxylic acids is 1. The standard InChI is InChI=1S/C62H100O38/c1-20-11-61-9-5-28-59(2,29(61)6-10-62(20,19-61)100-57-50(98-54-45(84)40(79)33(72)24(15-66)91-54)48(36(75)26(17-68)93-57)96-52-43(82)38(77)31(70)22(13-64)89-52)7-4-8-60(28,3)58(86)99-56-49(97-53-44(83)39(78)32(71)23(14-65)90-53)47(35(74)25(16-67)92-56)95-55-46(85)41(80)34(73)27(94-55)18-87-51-42(81)37(76)30(69)21(12-63)88-51/h21-57,63-85H,1,4-19H2,2-3H3/t21?,22?,23?,24?,25?,26?,27?,28?,29-,30?,31?,32?,33?,34?,35?,36?,37?,38?,39?,40?,41?,42?,43?,44?,45?,46?,47?,48?,49?,50?,51?,52?,53?,54?,55?,56?,57?,59+,60+,61+,62?/m0/s1. The molecule has 0 radical (unpaired) electrons. The fourth-order valence-electron chi connectivity index (χ4n) is 17.8. The van der Waals surface area contributed by atoms with Gasteiger partial charge in [0, 0.05) is 0 Å². The lowest BCUT2D eigenvalue weighted by molar-refractivity contribution is -0.400. The number of fused-ring (bicyclic) bond motifs is 3. The van der Waals surface area contributed by atoms with Crippen molar-refractivity contribution >= 4 is 5.97 Å². The molecule has 1 spiro atoms. The predicted molar refractivity (Wildman–Crippen MR) is 317 cm³/mol. The highest BCUT2D eigenvalue weighted by Gasteiger charge is 2.70. The second kappa shape index (κ2) is 31.2. The molecule has 0 amide bonds. The van der Waals surface area contributed by atoms with Crippen molar-refractivity contribution in [2.75, 3.05) is 46.2 Å². The number of hydrogen-bond acceptors (Lipinski definition) is 38. The molecule has 0 aromatic heterocycles. The van der Waals surface area contributed by atoms with E-state index in [2.05, 4.69) is 13.5 Å². The molecule has 7 heterocycles. The van der Waals surface area contributed by atoms with Crippen LogP contribution < -0.4 is 0 Å². The van der Waals surface area contributed by atoms with Gasteiger partial charge in [-0.1, -0.05) is 19.9 Å². The van der Waals surface area contributed by atoms with Crippen LogP contribution in [0.15, 0.2) is 12.2 Å². The highest BCUT2D eigenvalue weighted by Crippen LogP contribution is 2.74. The molecule has 11 fully saturated rings. The third-order valence-corrected chi connectivity index (χ3v) is 23.4. The molecule has 11 rings (SSSR count). The summed E-state index contributed by atoms with van der Waals surface area (Å²) in [5.41, 5.74) is -3.47. The molecule has 37 unspecified atom stereocenters. The summed E-state index contributed by atoms with van der Waals surface area (Å²) < 4.78 is 84.6. The van der Waals surface area contributed by atoms with Crippen molar-refractivity contribution in [1.82, 2.24) is 0 Å². The van der Waals surface area contributed by atoms with Crippen molar-refractivity contribution in [3.63, 3.8) is 0 Å². The third kappa shape index (κ3) is 14.1. The fourth-order valence-corrected chi connectivity index (χ4v) is 17.8. The van der Waals surface area contributed by atoms with E-state index in [0.717, 1.165) is 0 Å². The SMILES string of the molecule is C=C1C[C@@]23CCC4[C@](C)(C(=O)OC5OC(CO)C(O)C(OC6OC(COC7OC(CO)C(O)C(O)C7O)C(O)C(O)C6O)C5OC5OC(CO)C(O)C(O)C5O)CCC[C@@]4(C)[C@@H]2CCC1(OC1OC(CO)C(O)C(OC2OC(CO)C(O)C(O)C2O)C1OC1OC(CO)C(O)C(O)C1O)C3. The lowest BCUT2D eigenvalue weighted by atomic mass is 9.41. The van der Waals surface area contributed by atoms with Gasteiger partial charge in [-0.3, -0.25) is 4.79 Å². The number of esters is 1. The molecule has 11 aliphatic rings. The van der Waals surface area contributed by atoms with E-state index < -0.39 is 295 Å². The summed E-state index contributed by atoms with van der Waals surface area (Å²) in [6.07, 6.45) is -63.2. The van der Waals surface area contributed by atoms with Gasteiger partial charge in [-0.15, -0.1) is 0 Å². The Bertz CT molecular complexity index is 2720. The van der Waals surface area contributed by atoms with Crippen molar-refractivity contribution in [2.45, 2.75) is 292 Å². The normalized spacial score (nSPS) is 54.5. The summed E-state index contributed by atoms with van der Waals surface area (Å²) in [5.74, 6) is -1.60. The lowest BCUT2D eigenvalue weighted by Crippen LogP contribution is -2.68. The second-order valence-electron chi connectivity index (χ2n) is 29.3. The molecule has 4 aliphatic carbocycles. The molecule has 576 valence electrons. The smallest absolute Gasteiger partial charge is 0.314 e. The van der Waals surface area contributed by atoms with Gasteiger partial charge in [-0.05, 0) is 86.5 Å². The van der Waals surface area contributed by atoms with E-state index in [1.165, 1.54) is 0 Å². The van der Waals surface area contributed by atoms with Crippen LogP contribution in [0.5, 0.6) is 0 Å². The lowest BCUT2D eigenvalue weighted by Gasteiger charge is -2.64. The molecule has 38 nitrogen and oxygen atoms in total. The van der Waals surface area contributed by atoms with Crippen molar-refractivity contribution < 1.29 is 189 Å². The number of hydrogen-bond donors (Lipinski definition) is 23. The zero-order valence-corrected chi connectivity index (χ0v) is 54.8. The van der Waals surface area contributed by atoms with Crippen molar-refractivity contribution in [1.29, 1.82) is 0 Å². The Morgan fingerprint density at radius 1 is 0.400 bits per heavy atom. The molecular weight excluding hydrogens is 1350 g/mol. The van der Waals surface area contributed by atoms with Crippen LogP contribution in [0.4, 0.5) is 0 Å². The molecule has 7 saturated heterocycles. The van der Waals surface area contributed by atoms with Crippen LogP contribution >= 0.6 is 0 Å². The van der Waals surface area contributed by atoms with E-state index in [1.807, 2.05) is 0 Å². The van der Waals surface area contributed by atoms with Crippen LogP contribution in [0.1, 0.15) is 71.6 Å². The minimum Gasteiger partial charge on any atom is -0.432 e. The van der Waals surface area contributed by atoms with E-state index in [9.17, 15) is 117 Å². The Labute approximate surface area is 571 Å². The fraction of sp³-hybridized carbons (Fsp3) is 0.952. The summed E-state index contributed by atoms with van der Waals surface area (Å²) in [7, 11) is 0. The maximum Gasteiger partial charge on any atom is 0.314 e. The van der Waals surface area contributed by atoms with Crippen LogP contribution in [-0.2, 0) is 71.1 Å². The zero-order chi connectivity index (χ0) is 72.7. The Hall–Kier alpha value is -2.23. The van der Waals surface area contributed by atoms with Crippen LogP contribution in [-0.4, -0.2) is 390 Å². The number of aliphatic hydroxyl groups excluding tert-OH is 23. The maximum atomic E-state index is 15.6. The maximum absolute atomic E-state index is 15.6. The van der Waals surface area contributed by atoms with Gasteiger partial charge in [0.05, 0.1) is 57.3 Å². The quantitative estimate of drug-likeness (QED) is 0.0288. The number of ether oxygens (including phenoxy) is 14. The summed E-state index contributed by atoms with van der Waals surface area (Å²) in [5, 5.41) is 249. The molecule has 23 N–H and O–H groups in total. The second-order valence-corrected chi connectivity index (χ2v) is 29.3. The van der Waals surface area contributed by atoms with Crippen molar-refractivity contribution in [3.05, 3.63) is 12.2 Å². The molecular formula is C62H100O38. The van der Waals surface area contributed by atoms with E-state index in [-0.39, 0.29) is 25.2 Å². The Morgan fingerprint density at radius 2 is 0.750 bits per heavy atom. The number of carbonyl (C=O) groups is 1. The first-order chi connectivity index (χ1) is 47.3. The van der Waals surface area contributed by atoms with Gasteiger partial charge in [0.25, 0.3) is 0 Å². The first-order valence-electron chi connectivity index (χ1n) is 33.9. The minimum absolute atomic E-state index is 0.202. The molecule has 41 atom stereocenters. The highest BCUT2D eigenvalue weighted by atomic mass is 16.8. The summed E-state index contributed by atoms with van der Waals surface area (Å²) >= 11 is 0. The minimum atomic E-state index is -2.21. The molecule has 2 bridgehead atoms. The average Bonchev–Trinajstić information content (AvgIpc) is 1.54. The van der Waals surface area contributed by atoms with E-state index >= 15 is 4.79 Å². The summed E-state index contributed by atoms with van der Waals surface area (Å²) in [6, 6.07) is 0. The highest BCUT2D eigenvalue weighted by molar-refractivity contribution is 5.77. The van der Waals surface area contributed by atoms with Crippen molar-refractivity contribution in [3.8, 4) is 0 Å². The van der Waals surface area contributed by atoms with Crippen LogP contribution in [0.3, 0.4) is 0 Å². The van der Waals surface area contributed by atoms with Gasteiger partial charge in [0.15, 0.2) is 43.8 Å². The average molecular weight is 1450 g/mol. The molecule has 100 heavy (non-hydrogen) atoms. The van der Waals surface area contributed by atoms with Crippen molar-refractivity contribution in [2.24, 2.45) is 28.1 Å². The molecule has 38 heteroatoms. The first-order valence-corrected chi connectivity index (χ1v) is 33.9. The number of rotatable bonds is 21. The van der Waals surface area contributed by atoms with Gasteiger partial charge in [-0.25, -0.2) is 0 Å². The Morgan fingerprint density at radius 3 is 1.19 bits per heavy atom. The summed E-state index contributed by atoms with van der Waals surface area (Å²) in [6.45, 7) is 2.03. The molecule has 0 aromatic carbocycles. The van der Waals surface area contributed by atoms with Crippen LogP contribution in [0.2, 0.25) is 0 Å². The first kappa shape index (κ1) is 78.8. The largest absolute Gasteiger partial charge is 0.432 e. The van der Waals surface area contributed by atoms with Gasteiger partial charge >= 0.3 is 5.97 Å². The summed E-state index contributed by atoms with van der Waals surface area (Å²) in [4.78, 5) is 15.6. The van der Waals surface area contributed by atoms with Crippen LogP contribution in [0.25, 0.3) is 0 Å². The Kier molecular flexibility index (Phi) is 24.6. The Balaban J connectivity index is 0.852. The topological polar surface area (TPSA) is 612 Å². The zero-order valence-electron chi connectivity index (χ0n) is 54.8. The molecule has 0 aromatic rings. The molecule has 4 saturated carbocycles. The number of aliphatic hydroxyl groups is 23. The monoisotopic (exact) mass is 1450 g/mol. The third-order valence-electron chi connectivity index (χ3n) is 23.4. The van der Waals surface area contributed by atoms with Crippen LogP contribution in [0, 0.1) is 28.1 Å². The van der Waals surface area contributed by atoms with Gasteiger partial charge < -0.3 is 184 Å². The van der Waals surface area contributed by atoms with Gasteiger partial charge in [0.2, 0.25) is 6.29 Å². The van der Waals surface area contributed by atoms with Gasteiger partial charge in [-0.2, -0.15) is 0 Å².